The smallest absolute Gasteiger partial charge is 0.138 e. The van der Waals surface area contributed by atoms with Crippen LogP contribution in [-0.2, 0) is 0 Å². The molecule has 0 aliphatic carbocycles. The van der Waals surface area contributed by atoms with Gasteiger partial charge in [-0.05, 0) is 30.3 Å². The third kappa shape index (κ3) is 5.66. The number of nitrogens with zero attached hydrogens (tertiary/aromatic N) is 2. The Morgan fingerprint density at radius 2 is 1.85 bits per heavy atom. The summed E-state index contributed by atoms with van der Waals surface area (Å²) in [5.74, 6) is 1.39. The van der Waals surface area contributed by atoms with E-state index >= 15 is 0 Å². The lowest BCUT2D eigenvalue weighted by Gasteiger charge is -2.37. The van der Waals surface area contributed by atoms with Crippen LogP contribution in [0.2, 0.25) is 10.0 Å². The van der Waals surface area contributed by atoms with Crippen molar-refractivity contribution in [1.82, 2.24) is 4.90 Å². The summed E-state index contributed by atoms with van der Waals surface area (Å²) >= 11 is 12.0. The van der Waals surface area contributed by atoms with Crippen molar-refractivity contribution in [2.75, 3.05) is 51.3 Å². The van der Waals surface area contributed by atoms with Gasteiger partial charge in [-0.15, -0.1) is 0 Å². The molecule has 2 aromatic carbocycles. The van der Waals surface area contributed by atoms with Crippen LogP contribution in [-0.4, -0.2) is 62.6 Å². The van der Waals surface area contributed by atoms with Gasteiger partial charge in [-0.2, -0.15) is 0 Å². The molecular weight excluding hydrogens is 387 g/mol. The molecule has 1 N–H and O–H groups in total. The van der Waals surface area contributed by atoms with E-state index in [1.807, 2.05) is 18.2 Å². The zero-order chi connectivity index (χ0) is 19.2. The lowest BCUT2D eigenvalue weighted by molar-refractivity contribution is 0.0663. The zero-order valence-corrected chi connectivity index (χ0v) is 16.8. The first-order valence-electron chi connectivity index (χ1n) is 8.92. The second kappa shape index (κ2) is 9.51. The lowest BCUT2D eigenvalue weighted by atomic mass is 10.2. The van der Waals surface area contributed by atoms with Gasteiger partial charge in [0.05, 0.1) is 12.1 Å². The molecule has 7 heteroatoms. The van der Waals surface area contributed by atoms with Gasteiger partial charge in [0.25, 0.3) is 0 Å². The maximum Gasteiger partial charge on any atom is 0.138 e. The van der Waals surface area contributed by atoms with Crippen LogP contribution in [0, 0.1) is 0 Å². The largest absolute Gasteiger partial charge is 0.497 e. The molecule has 2 aromatic rings. The number of benzene rings is 2. The van der Waals surface area contributed by atoms with E-state index in [-0.39, 0.29) is 6.61 Å². The Labute approximate surface area is 170 Å². The molecule has 0 aromatic heterocycles. The molecule has 1 saturated heterocycles. The quantitative estimate of drug-likeness (QED) is 0.755. The van der Waals surface area contributed by atoms with E-state index in [4.69, 9.17) is 32.7 Å². The molecule has 3 rings (SSSR count). The molecule has 1 atom stereocenters. The van der Waals surface area contributed by atoms with Crippen LogP contribution in [0.4, 0.5) is 5.69 Å². The maximum absolute atomic E-state index is 10.3. The van der Waals surface area contributed by atoms with Gasteiger partial charge >= 0.3 is 0 Å². The summed E-state index contributed by atoms with van der Waals surface area (Å²) < 4.78 is 10.9. The number of aliphatic hydroxyl groups is 1. The SMILES string of the molecule is COc1cccc(N2CCN(CC(O)COc3ccc(Cl)cc3Cl)CC2)c1. The van der Waals surface area contributed by atoms with Crippen LogP contribution in [0.15, 0.2) is 42.5 Å². The van der Waals surface area contributed by atoms with Crippen molar-refractivity contribution in [3.8, 4) is 11.5 Å². The van der Waals surface area contributed by atoms with Crippen molar-refractivity contribution < 1.29 is 14.6 Å². The summed E-state index contributed by atoms with van der Waals surface area (Å²) in [5.41, 5.74) is 1.16. The average Bonchev–Trinajstić information content (AvgIpc) is 2.68. The molecule has 27 heavy (non-hydrogen) atoms. The Morgan fingerprint density at radius 1 is 1.07 bits per heavy atom. The number of hydrogen-bond donors (Lipinski definition) is 1. The van der Waals surface area contributed by atoms with E-state index in [9.17, 15) is 5.11 Å². The molecule has 0 saturated carbocycles. The third-order valence-electron chi connectivity index (χ3n) is 4.58. The van der Waals surface area contributed by atoms with Crippen LogP contribution in [0.25, 0.3) is 0 Å². The highest BCUT2D eigenvalue weighted by atomic mass is 35.5. The number of β-amino-alcohol motifs (C(OH)–C–C–N with tert-alkyl or cyclic N) is 1. The first-order chi connectivity index (χ1) is 13.0. The zero-order valence-electron chi connectivity index (χ0n) is 15.3. The van der Waals surface area contributed by atoms with E-state index in [0.29, 0.717) is 22.3 Å². The Kier molecular flexibility index (Phi) is 7.07. The van der Waals surface area contributed by atoms with Crippen molar-refractivity contribution >= 4 is 28.9 Å². The molecular formula is C20H24Cl2N2O3. The Balaban J connectivity index is 1.44. The molecule has 1 heterocycles. The molecule has 0 radical (unpaired) electrons. The van der Waals surface area contributed by atoms with E-state index in [1.54, 1.807) is 25.3 Å². The molecule has 1 fully saturated rings. The molecule has 1 aliphatic rings. The number of rotatable bonds is 7. The number of piperazine rings is 1. The van der Waals surface area contributed by atoms with Gasteiger partial charge in [-0.1, -0.05) is 29.3 Å². The predicted molar refractivity (Wildman–Crippen MR) is 110 cm³/mol. The minimum absolute atomic E-state index is 0.192. The Hall–Kier alpha value is -1.66. The normalized spacial score (nSPS) is 16.2. The van der Waals surface area contributed by atoms with Gasteiger partial charge in [-0.3, -0.25) is 4.90 Å². The van der Waals surface area contributed by atoms with Crippen molar-refractivity contribution in [1.29, 1.82) is 0 Å². The summed E-state index contributed by atoms with van der Waals surface area (Å²) in [4.78, 5) is 4.57. The van der Waals surface area contributed by atoms with Crippen LogP contribution in [0.5, 0.6) is 11.5 Å². The van der Waals surface area contributed by atoms with Crippen LogP contribution >= 0.6 is 23.2 Å². The summed E-state index contributed by atoms with van der Waals surface area (Å²) in [6.45, 7) is 4.34. The standard InChI is InChI=1S/C20H24Cl2N2O3/c1-26-18-4-2-3-16(12-18)24-9-7-23(8-10-24)13-17(25)14-27-20-6-5-15(21)11-19(20)22/h2-6,11-12,17,25H,7-10,13-14H2,1H3. The molecule has 1 unspecified atom stereocenters. The van der Waals surface area contributed by atoms with Crippen LogP contribution in [0.1, 0.15) is 0 Å². The minimum atomic E-state index is -0.583. The average molecular weight is 411 g/mol. The minimum Gasteiger partial charge on any atom is -0.497 e. The molecule has 146 valence electrons. The van der Waals surface area contributed by atoms with Gasteiger partial charge < -0.3 is 19.5 Å². The topological polar surface area (TPSA) is 45.2 Å². The van der Waals surface area contributed by atoms with Gasteiger partial charge in [0.15, 0.2) is 0 Å². The Morgan fingerprint density at radius 3 is 2.56 bits per heavy atom. The summed E-state index contributed by atoms with van der Waals surface area (Å²) in [6, 6.07) is 13.2. The van der Waals surface area contributed by atoms with E-state index in [0.717, 1.165) is 37.6 Å². The molecule has 0 bridgehead atoms. The summed E-state index contributed by atoms with van der Waals surface area (Å²) in [5, 5.41) is 11.3. The number of hydrogen-bond acceptors (Lipinski definition) is 5. The number of halogens is 2. The van der Waals surface area contributed by atoms with E-state index in [2.05, 4.69) is 15.9 Å². The predicted octanol–water partition coefficient (Wildman–Crippen LogP) is 3.56. The second-order valence-corrected chi connectivity index (χ2v) is 7.37. The number of anilines is 1. The van der Waals surface area contributed by atoms with Crippen molar-refractivity contribution in [3.63, 3.8) is 0 Å². The van der Waals surface area contributed by atoms with Gasteiger partial charge in [0, 0.05) is 49.5 Å². The monoisotopic (exact) mass is 410 g/mol. The molecule has 5 nitrogen and oxygen atoms in total. The summed E-state index contributed by atoms with van der Waals surface area (Å²) in [6.07, 6.45) is -0.583. The lowest BCUT2D eigenvalue weighted by Crippen LogP contribution is -2.49. The fourth-order valence-electron chi connectivity index (χ4n) is 3.12. The fraction of sp³-hybridized carbons (Fsp3) is 0.400. The van der Waals surface area contributed by atoms with Gasteiger partial charge in [-0.25, -0.2) is 0 Å². The first kappa shape index (κ1) is 20.1. The van der Waals surface area contributed by atoms with Crippen LogP contribution in [0.3, 0.4) is 0 Å². The fourth-order valence-corrected chi connectivity index (χ4v) is 3.59. The number of aliphatic hydroxyl groups excluding tert-OH is 1. The first-order valence-corrected chi connectivity index (χ1v) is 9.68. The highest BCUT2D eigenvalue weighted by Gasteiger charge is 2.20. The second-order valence-electron chi connectivity index (χ2n) is 6.53. The molecule has 0 spiro atoms. The molecule has 0 amide bonds. The van der Waals surface area contributed by atoms with Crippen molar-refractivity contribution in [2.45, 2.75) is 6.10 Å². The van der Waals surface area contributed by atoms with E-state index in [1.165, 1.54) is 0 Å². The van der Waals surface area contributed by atoms with Gasteiger partial charge in [0.1, 0.15) is 24.2 Å². The summed E-state index contributed by atoms with van der Waals surface area (Å²) in [7, 11) is 1.68. The highest BCUT2D eigenvalue weighted by Crippen LogP contribution is 2.27. The van der Waals surface area contributed by atoms with Crippen molar-refractivity contribution in [2.24, 2.45) is 0 Å². The highest BCUT2D eigenvalue weighted by molar-refractivity contribution is 6.35. The number of methoxy groups -OCH3 is 1. The van der Waals surface area contributed by atoms with Crippen molar-refractivity contribution in [3.05, 3.63) is 52.5 Å². The van der Waals surface area contributed by atoms with E-state index < -0.39 is 6.10 Å². The number of ether oxygens (including phenoxy) is 2. The maximum atomic E-state index is 10.3. The van der Waals surface area contributed by atoms with Gasteiger partial charge in [0.2, 0.25) is 0 Å². The van der Waals surface area contributed by atoms with Crippen LogP contribution < -0.4 is 14.4 Å². The molecule has 1 aliphatic heterocycles. The third-order valence-corrected chi connectivity index (χ3v) is 5.12. The Bertz CT molecular complexity index is 752.